The van der Waals surface area contributed by atoms with Gasteiger partial charge >= 0.3 is 0 Å². The number of anilines is 1. The van der Waals surface area contributed by atoms with E-state index in [0.29, 0.717) is 42.3 Å². The second-order valence-electron chi connectivity index (χ2n) is 7.61. The zero-order chi connectivity index (χ0) is 21.2. The van der Waals surface area contributed by atoms with Crippen LogP contribution < -0.4 is 10.2 Å². The van der Waals surface area contributed by atoms with Crippen molar-refractivity contribution < 1.29 is 22.5 Å². The molecule has 2 N–H and O–H groups in total. The minimum Gasteiger partial charge on any atom is -0.325 e. The highest BCUT2D eigenvalue weighted by Gasteiger charge is 2.32. The molecule has 1 saturated heterocycles. The normalized spacial score (nSPS) is 16.0. The van der Waals surface area contributed by atoms with Gasteiger partial charge < -0.3 is 10.2 Å². The van der Waals surface area contributed by atoms with Gasteiger partial charge in [-0.2, -0.15) is 4.31 Å². The molecule has 156 valence electrons. The number of hydrogen-bond donors (Lipinski definition) is 2. The first-order chi connectivity index (χ1) is 13.7. The third kappa shape index (κ3) is 5.01. The Morgan fingerprint density at radius 1 is 1.07 bits per heavy atom. The molecule has 3 rings (SSSR count). The number of halogens is 1. The van der Waals surface area contributed by atoms with Gasteiger partial charge in [0, 0.05) is 5.69 Å². The van der Waals surface area contributed by atoms with Crippen LogP contribution in [0.5, 0.6) is 0 Å². The van der Waals surface area contributed by atoms with Crippen molar-refractivity contribution >= 4 is 21.6 Å². The first-order valence-corrected chi connectivity index (χ1v) is 11.1. The van der Waals surface area contributed by atoms with Crippen LogP contribution in [0.25, 0.3) is 0 Å². The van der Waals surface area contributed by atoms with Crippen LogP contribution in [0.4, 0.5) is 10.1 Å². The van der Waals surface area contributed by atoms with Gasteiger partial charge in [0.2, 0.25) is 10.0 Å². The number of quaternary nitrogens is 1. The molecule has 0 unspecified atom stereocenters. The SMILES string of the molecule is Cc1ccc(S(=O)(=O)N2CC[NH+](CC(=O)Nc3ccc(C)c(F)c3)CC2)c(C)c1. The number of carbonyl (C=O) groups is 1. The minimum atomic E-state index is -3.54. The topological polar surface area (TPSA) is 70.9 Å². The molecule has 1 amide bonds. The Morgan fingerprint density at radius 3 is 2.38 bits per heavy atom. The first kappa shape index (κ1) is 21.4. The number of piperazine rings is 1. The average molecular weight is 421 g/mol. The van der Waals surface area contributed by atoms with Crippen molar-refractivity contribution in [3.05, 3.63) is 58.9 Å². The molecule has 1 aliphatic rings. The number of nitrogens with zero attached hydrogens (tertiary/aromatic N) is 1. The maximum atomic E-state index is 13.6. The molecule has 0 saturated carbocycles. The number of sulfonamides is 1. The summed E-state index contributed by atoms with van der Waals surface area (Å²) in [7, 11) is -3.54. The Hall–Kier alpha value is -2.29. The van der Waals surface area contributed by atoms with E-state index in [1.165, 1.54) is 10.4 Å². The van der Waals surface area contributed by atoms with Crippen molar-refractivity contribution in [1.82, 2.24) is 4.31 Å². The van der Waals surface area contributed by atoms with Crippen LogP contribution in [0, 0.1) is 26.6 Å². The second kappa shape index (κ2) is 8.61. The fraction of sp³-hybridized carbons (Fsp3) is 0.381. The maximum absolute atomic E-state index is 13.6. The molecule has 2 aromatic rings. The molecule has 0 radical (unpaired) electrons. The highest BCUT2D eigenvalue weighted by atomic mass is 32.2. The monoisotopic (exact) mass is 420 g/mol. The first-order valence-electron chi connectivity index (χ1n) is 9.64. The van der Waals surface area contributed by atoms with E-state index in [1.54, 1.807) is 38.1 Å². The van der Waals surface area contributed by atoms with Gasteiger partial charge in [0.05, 0.1) is 31.1 Å². The molecule has 1 aliphatic heterocycles. The summed E-state index contributed by atoms with van der Waals surface area (Å²) in [5, 5.41) is 2.71. The van der Waals surface area contributed by atoms with E-state index in [0.717, 1.165) is 16.0 Å². The number of carbonyl (C=O) groups excluding carboxylic acids is 1. The van der Waals surface area contributed by atoms with Gasteiger partial charge in [-0.1, -0.05) is 23.8 Å². The molecule has 2 aromatic carbocycles. The van der Waals surface area contributed by atoms with Crippen molar-refractivity contribution in [2.75, 3.05) is 38.0 Å². The summed E-state index contributed by atoms with van der Waals surface area (Å²) in [4.78, 5) is 13.6. The molecule has 0 atom stereocenters. The molecule has 0 aromatic heterocycles. The molecule has 1 heterocycles. The van der Waals surface area contributed by atoms with Gasteiger partial charge in [0.1, 0.15) is 5.82 Å². The van der Waals surface area contributed by atoms with Gasteiger partial charge in [-0.3, -0.25) is 4.79 Å². The zero-order valence-electron chi connectivity index (χ0n) is 17.0. The molecule has 0 bridgehead atoms. The lowest BCUT2D eigenvalue weighted by Gasteiger charge is -2.31. The molecular formula is C21H27FN3O3S+. The van der Waals surface area contributed by atoms with E-state index < -0.39 is 10.0 Å². The average Bonchev–Trinajstić information content (AvgIpc) is 2.65. The highest BCUT2D eigenvalue weighted by molar-refractivity contribution is 7.89. The van der Waals surface area contributed by atoms with Crippen LogP contribution >= 0.6 is 0 Å². The molecule has 6 nitrogen and oxygen atoms in total. The second-order valence-corrected chi connectivity index (χ2v) is 9.52. The van der Waals surface area contributed by atoms with Crippen molar-refractivity contribution in [3.8, 4) is 0 Å². The van der Waals surface area contributed by atoms with E-state index >= 15 is 0 Å². The highest BCUT2D eigenvalue weighted by Crippen LogP contribution is 2.21. The Labute approximate surface area is 171 Å². The quantitative estimate of drug-likeness (QED) is 0.766. The Kier molecular flexibility index (Phi) is 6.36. The number of aryl methyl sites for hydroxylation is 3. The van der Waals surface area contributed by atoms with Crippen LogP contribution in [0.1, 0.15) is 16.7 Å². The Bertz CT molecular complexity index is 1020. The number of benzene rings is 2. The standard InChI is InChI=1S/C21H26FN3O3S/c1-15-4-7-20(17(3)12-15)29(27,28)25-10-8-24(9-11-25)14-21(26)23-18-6-5-16(2)19(22)13-18/h4-7,12-13H,8-11,14H2,1-3H3,(H,23,26)/p+1. The van der Waals surface area contributed by atoms with Crippen LogP contribution in [0.3, 0.4) is 0 Å². The van der Waals surface area contributed by atoms with Gasteiger partial charge in [-0.05, 0) is 50.1 Å². The summed E-state index contributed by atoms with van der Waals surface area (Å²) in [6, 6.07) is 9.92. The van der Waals surface area contributed by atoms with E-state index in [-0.39, 0.29) is 18.3 Å². The maximum Gasteiger partial charge on any atom is 0.279 e. The molecule has 0 spiro atoms. The van der Waals surface area contributed by atoms with Crippen molar-refractivity contribution in [3.63, 3.8) is 0 Å². The summed E-state index contributed by atoms with van der Waals surface area (Å²) < 4.78 is 41.0. The summed E-state index contributed by atoms with van der Waals surface area (Å²) in [5.74, 6) is -0.575. The zero-order valence-corrected chi connectivity index (χ0v) is 17.8. The smallest absolute Gasteiger partial charge is 0.279 e. The van der Waals surface area contributed by atoms with Crippen LogP contribution in [-0.2, 0) is 14.8 Å². The third-order valence-electron chi connectivity index (χ3n) is 5.24. The van der Waals surface area contributed by atoms with Crippen molar-refractivity contribution in [2.24, 2.45) is 0 Å². The Morgan fingerprint density at radius 2 is 1.76 bits per heavy atom. The third-order valence-corrected chi connectivity index (χ3v) is 7.30. The number of nitrogens with one attached hydrogen (secondary N) is 2. The lowest BCUT2D eigenvalue weighted by Crippen LogP contribution is -3.15. The van der Waals surface area contributed by atoms with E-state index in [2.05, 4.69) is 5.32 Å². The van der Waals surface area contributed by atoms with E-state index in [4.69, 9.17) is 0 Å². The minimum absolute atomic E-state index is 0.214. The molecular weight excluding hydrogens is 393 g/mol. The van der Waals surface area contributed by atoms with Gasteiger partial charge in [-0.15, -0.1) is 0 Å². The van der Waals surface area contributed by atoms with Crippen LogP contribution in [0.15, 0.2) is 41.3 Å². The lowest BCUT2D eigenvalue weighted by molar-refractivity contribution is -0.895. The largest absolute Gasteiger partial charge is 0.325 e. The summed E-state index contributed by atoms with van der Waals surface area (Å²) in [6.45, 7) is 7.42. The molecule has 0 aliphatic carbocycles. The van der Waals surface area contributed by atoms with Gasteiger partial charge in [-0.25, -0.2) is 12.8 Å². The van der Waals surface area contributed by atoms with Crippen LogP contribution in [0.2, 0.25) is 0 Å². The lowest BCUT2D eigenvalue weighted by atomic mass is 10.2. The fourth-order valence-corrected chi connectivity index (χ4v) is 5.20. The predicted molar refractivity (Wildman–Crippen MR) is 110 cm³/mol. The van der Waals surface area contributed by atoms with Crippen molar-refractivity contribution in [1.29, 1.82) is 0 Å². The Balaban J connectivity index is 1.57. The van der Waals surface area contributed by atoms with Gasteiger partial charge in [0.15, 0.2) is 6.54 Å². The molecule has 29 heavy (non-hydrogen) atoms. The summed E-state index contributed by atoms with van der Waals surface area (Å²) in [6.07, 6.45) is 0. The molecule has 1 fully saturated rings. The summed E-state index contributed by atoms with van der Waals surface area (Å²) >= 11 is 0. The number of amides is 1. The van der Waals surface area contributed by atoms with E-state index in [1.807, 2.05) is 13.0 Å². The number of hydrogen-bond acceptors (Lipinski definition) is 3. The fourth-order valence-electron chi connectivity index (χ4n) is 3.55. The molecule has 8 heteroatoms. The van der Waals surface area contributed by atoms with Gasteiger partial charge in [0.25, 0.3) is 5.91 Å². The van der Waals surface area contributed by atoms with Crippen LogP contribution in [-0.4, -0.2) is 51.4 Å². The van der Waals surface area contributed by atoms with E-state index in [9.17, 15) is 17.6 Å². The van der Waals surface area contributed by atoms with Crippen molar-refractivity contribution in [2.45, 2.75) is 25.7 Å². The number of rotatable bonds is 5. The predicted octanol–water partition coefficient (Wildman–Crippen LogP) is 1.28. The summed E-state index contributed by atoms with van der Waals surface area (Å²) in [5.41, 5.74) is 2.71.